The van der Waals surface area contributed by atoms with Crippen LogP contribution in [0.5, 0.6) is 0 Å². The first-order chi connectivity index (χ1) is 19.4. The Bertz CT molecular complexity index is 1410. The number of H-pyrrole nitrogens is 1. The minimum Gasteiger partial charge on any atom is -0.480 e. The first-order valence-electron chi connectivity index (χ1n) is 14.0. The number of nitrogens with two attached hydrogens (primary N) is 1. The maximum Gasteiger partial charge on any atom is 0.326 e. The number of aliphatic carboxylic acids is 1. The number of allylic oxidation sites excluding steroid dienone is 1. The zero-order chi connectivity index (χ0) is 28.1. The van der Waals surface area contributed by atoms with Gasteiger partial charge < -0.3 is 31.4 Å². The van der Waals surface area contributed by atoms with Crippen molar-refractivity contribution in [3.05, 3.63) is 77.5 Å². The minimum absolute atomic E-state index is 0.0631. The number of rotatable bonds is 10. The number of para-hydroxylation sites is 1. The zero-order valence-electron chi connectivity index (χ0n) is 22.6. The Balaban J connectivity index is 1.29. The van der Waals surface area contributed by atoms with Crippen molar-refractivity contribution in [1.29, 1.82) is 0 Å². The van der Waals surface area contributed by atoms with Gasteiger partial charge in [0.2, 0.25) is 5.91 Å². The lowest BCUT2D eigenvalue weighted by molar-refractivity contribution is -0.142. The molecule has 1 saturated heterocycles. The molecule has 9 nitrogen and oxygen atoms in total. The first kappa shape index (κ1) is 27.5. The fourth-order valence-corrected chi connectivity index (χ4v) is 5.97. The standard InChI is InChI=1S/C31H37N5O4/c32-16-6-5-11-26(29(38)39)34-28(37)27(19-22-20-33-25-10-4-2-8-23(22)25)35-30(40)36-17-14-31(15-18-36)13-12-21-7-1-3-9-24(21)31/h1-4,7-10,12-13,20,26-27,33H,5-6,11,14-19,32H2,(H,34,37)(H,35,40)(H,38,39)/t26?,27-/m1/s1. The van der Waals surface area contributed by atoms with Crippen LogP contribution in [-0.2, 0) is 21.4 Å². The van der Waals surface area contributed by atoms with Crippen LogP contribution < -0.4 is 16.4 Å². The van der Waals surface area contributed by atoms with Crippen LogP contribution in [0.1, 0.15) is 48.8 Å². The molecule has 0 saturated carbocycles. The summed E-state index contributed by atoms with van der Waals surface area (Å²) < 4.78 is 0. The van der Waals surface area contributed by atoms with Crippen LogP contribution in [0.25, 0.3) is 17.0 Å². The molecular formula is C31H37N5O4. The van der Waals surface area contributed by atoms with E-state index < -0.39 is 24.0 Å². The van der Waals surface area contributed by atoms with E-state index >= 15 is 0 Å². The number of carbonyl (C=O) groups excluding carboxylic acids is 2. The van der Waals surface area contributed by atoms with Gasteiger partial charge in [-0.05, 0) is 61.4 Å². The SMILES string of the molecule is NCCCCC(NC(=O)[C@@H](Cc1c[nH]c2ccccc12)NC(=O)N1CCC2(C=Cc3ccccc32)CC1)C(=O)O. The molecule has 0 bridgehead atoms. The number of nitrogens with zero attached hydrogens (tertiary/aromatic N) is 1. The molecule has 5 rings (SSSR count). The Hall–Kier alpha value is -4.11. The lowest BCUT2D eigenvalue weighted by Gasteiger charge is -2.39. The number of carboxylic acid groups (broad SMARTS) is 1. The predicted molar refractivity (Wildman–Crippen MR) is 155 cm³/mol. The Morgan fingerprint density at radius 1 is 1.00 bits per heavy atom. The number of nitrogens with one attached hydrogen (secondary N) is 3. The number of likely N-dealkylation sites (tertiary alicyclic amines) is 1. The van der Waals surface area contributed by atoms with Crippen molar-refractivity contribution in [3.63, 3.8) is 0 Å². The largest absolute Gasteiger partial charge is 0.480 e. The molecule has 2 heterocycles. The lowest BCUT2D eigenvalue weighted by atomic mass is 9.74. The van der Waals surface area contributed by atoms with Crippen molar-refractivity contribution in [3.8, 4) is 0 Å². The Kier molecular flexibility index (Phi) is 8.21. The summed E-state index contributed by atoms with van der Waals surface area (Å²) in [5, 5.41) is 16.3. The normalized spacial score (nSPS) is 17.0. The zero-order valence-corrected chi connectivity index (χ0v) is 22.6. The average Bonchev–Trinajstić information content (AvgIpc) is 3.54. The molecule has 1 fully saturated rings. The highest BCUT2D eigenvalue weighted by Crippen LogP contribution is 2.43. The molecule has 6 N–H and O–H groups in total. The maximum absolute atomic E-state index is 13.5. The molecule has 0 radical (unpaired) electrons. The van der Waals surface area contributed by atoms with Crippen LogP contribution in [0.3, 0.4) is 0 Å². The molecule has 3 amide bonds. The van der Waals surface area contributed by atoms with Gasteiger partial charge in [0.25, 0.3) is 0 Å². The number of carbonyl (C=O) groups is 3. The smallest absolute Gasteiger partial charge is 0.326 e. The fourth-order valence-electron chi connectivity index (χ4n) is 5.97. The summed E-state index contributed by atoms with van der Waals surface area (Å²) in [4.78, 5) is 43.8. The van der Waals surface area contributed by atoms with Gasteiger partial charge in [0, 0.05) is 42.0 Å². The van der Waals surface area contributed by atoms with E-state index in [1.54, 1.807) is 4.90 Å². The number of benzene rings is 2. The fraction of sp³-hybridized carbons (Fsp3) is 0.387. The van der Waals surface area contributed by atoms with Gasteiger partial charge in [-0.25, -0.2) is 9.59 Å². The molecule has 1 aliphatic carbocycles. The Labute approximate surface area is 233 Å². The third-order valence-corrected chi connectivity index (χ3v) is 8.30. The molecule has 2 atom stereocenters. The van der Waals surface area contributed by atoms with Crippen LogP contribution in [0.4, 0.5) is 4.79 Å². The highest BCUT2D eigenvalue weighted by molar-refractivity contribution is 5.91. The van der Waals surface area contributed by atoms with Gasteiger partial charge in [0.05, 0.1) is 0 Å². The van der Waals surface area contributed by atoms with Crippen molar-refractivity contribution in [2.45, 2.75) is 56.0 Å². The molecule has 40 heavy (non-hydrogen) atoms. The maximum atomic E-state index is 13.5. The molecule has 2 aromatic carbocycles. The Morgan fingerprint density at radius 3 is 2.52 bits per heavy atom. The van der Waals surface area contributed by atoms with Gasteiger partial charge in [-0.15, -0.1) is 0 Å². The van der Waals surface area contributed by atoms with Gasteiger partial charge in [0.15, 0.2) is 0 Å². The van der Waals surface area contributed by atoms with E-state index in [0.29, 0.717) is 32.5 Å². The van der Waals surface area contributed by atoms with Gasteiger partial charge in [-0.3, -0.25) is 4.79 Å². The number of hydrogen-bond donors (Lipinski definition) is 5. The van der Waals surface area contributed by atoms with Gasteiger partial charge >= 0.3 is 12.0 Å². The molecule has 1 unspecified atom stereocenters. The topological polar surface area (TPSA) is 141 Å². The van der Waals surface area contributed by atoms with Crippen LogP contribution in [0.2, 0.25) is 0 Å². The predicted octanol–water partition coefficient (Wildman–Crippen LogP) is 3.55. The van der Waals surface area contributed by atoms with Gasteiger partial charge in [0.1, 0.15) is 12.1 Å². The number of hydrogen-bond acceptors (Lipinski definition) is 4. The molecule has 3 aromatic rings. The summed E-state index contributed by atoms with van der Waals surface area (Å²) in [6, 6.07) is 13.8. The van der Waals surface area contributed by atoms with Gasteiger partial charge in [-0.1, -0.05) is 54.6 Å². The number of carboxylic acids is 1. The molecule has 1 aliphatic heterocycles. The molecule has 2 aliphatic rings. The second kappa shape index (κ2) is 12.0. The lowest BCUT2D eigenvalue weighted by Crippen LogP contribution is -2.56. The second-order valence-corrected chi connectivity index (χ2v) is 10.8. The summed E-state index contributed by atoms with van der Waals surface area (Å²) in [7, 11) is 0. The molecule has 210 valence electrons. The van der Waals surface area contributed by atoms with Crippen LogP contribution >= 0.6 is 0 Å². The van der Waals surface area contributed by atoms with Crippen molar-refractivity contribution in [2.75, 3.05) is 19.6 Å². The second-order valence-electron chi connectivity index (χ2n) is 10.8. The summed E-state index contributed by atoms with van der Waals surface area (Å²) in [5.74, 6) is -1.62. The molecular weight excluding hydrogens is 506 g/mol. The monoisotopic (exact) mass is 543 g/mol. The first-order valence-corrected chi connectivity index (χ1v) is 14.0. The van der Waals surface area contributed by atoms with Crippen LogP contribution in [-0.4, -0.2) is 64.6 Å². The summed E-state index contributed by atoms with van der Waals surface area (Å²) in [6.45, 7) is 1.57. The van der Waals surface area contributed by atoms with E-state index in [9.17, 15) is 19.5 Å². The number of piperidine rings is 1. The molecule has 1 aromatic heterocycles. The third-order valence-electron chi connectivity index (χ3n) is 8.30. The molecule has 9 heteroatoms. The summed E-state index contributed by atoms with van der Waals surface area (Å²) >= 11 is 0. The summed E-state index contributed by atoms with van der Waals surface area (Å²) in [5.41, 5.74) is 9.83. The van der Waals surface area contributed by atoms with Crippen LogP contribution in [0, 0.1) is 0 Å². The number of fused-ring (bicyclic) bond motifs is 3. The minimum atomic E-state index is -1.10. The highest BCUT2D eigenvalue weighted by Gasteiger charge is 2.39. The van der Waals surface area contributed by atoms with Gasteiger partial charge in [-0.2, -0.15) is 0 Å². The average molecular weight is 544 g/mol. The number of amides is 3. The number of unbranched alkanes of at least 4 members (excludes halogenated alkanes) is 1. The Morgan fingerprint density at radius 2 is 1.75 bits per heavy atom. The van der Waals surface area contributed by atoms with Crippen molar-refractivity contribution in [2.24, 2.45) is 5.73 Å². The number of urea groups is 1. The number of aromatic nitrogens is 1. The van der Waals surface area contributed by atoms with Crippen molar-refractivity contribution < 1.29 is 19.5 Å². The third kappa shape index (κ3) is 5.74. The quantitative estimate of drug-likeness (QED) is 0.249. The van der Waals surface area contributed by atoms with E-state index in [0.717, 1.165) is 29.3 Å². The summed E-state index contributed by atoms with van der Waals surface area (Å²) in [6.07, 6.45) is 9.62. The van der Waals surface area contributed by atoms with Crippen molar-refractivity contribution in [1.82, 2.24) is 20.5 Å². The molecule has 1 spiro atoms. The number of aromatic amines is 1. The van der Waals surface area contributed by atoms with E-state index in [2.05, 4.69) is 46.0 Å². The van der Waals surface area contributed by atoms with E-state index in [1.165, 1.54) is 11.1 Å². The van der Waals surface area contributed by atoms with E-state index in [1.807, 2.05) is 36.5 Å². The van der Waals surface area contributed by atoms with E-state index in [4.69, 9.17) is 5.73 Å². The van der Waals surface area contributed by atoms with Crippen molar-refractivity contribution >= 4 is 34.9 Å². The highest BCUT2D eigenvalue weighted by atomic mass is 16.4. The van der Waals surface area contributed by atoms with E-state index in [-0.39, 0.29) is 24.3 Å². The van der Waals surface area contributed by atoms with Crippen LogP contribution in [0.15, 0.2) is 60.8 Å².